The van der Waals surface area contributed by atoms with Crippen LogP contribution in [0.5, 0.6) is 0 Å². The lowest BCUT2D eigenvalue weighted by Crippen LogP contribution is -2.50. The monoisotopic (exact) mass is 214 g/mol. The summed E-state index contributed by atoms with van der Waals surface area (Å²) in [6.07, 6.45) is 3.84. The third-order valence-corrected chi connectivity index (χ3v) is 2.95. The van der Waals surface area contributed by atoms with Gasteiger partial charge in [-0.2, -0.15) is 0 Å². The summed E-state index contributed by atoms with van der Waals surface area (Å²) >= 11 is 0. The number of hydrogen-bond donors (Lipinski definition) is 2. The lowest BCUT2D eigenvalue weighted by Gasteiger charge is -2.35. The maximum absolute atomic E-state index is 10.6. The molecule has 1 saturated heterocycles. The van der Waals surface area contributed by atoms with Crippen molar-refractivity contribution < 1.29 is 9.53 Å². The number of carbonyl (C=O) groups is 1. The minimum Gasteiger partial charge on any atom is -0.376 e. The largest absolute Gasteiger partial charge is 0.376 e. The van der Waals surface area contributed by atoms with E-state index < -0.39 is 0 Å². The summed E-state index contributed by atoms with van der Waals surface area (Å²) in [5, 5.41) is 3.51. The van der Waals surface area contributed by atoms with Crippen molar-refractivity contribution in [3.63, 3.8) is 0 Å². The molecule has 4 heteroatoms. The SMILES string of the molecule is CCC1NC(C)CCC1OCCC(N)=O. The molecule has 1 aliphatic heterocycles. The smallest absolute Gasteiger partial charge is 0.219 e. The lowest BCUT2D eigenvalue weighted by atomic mass is 9.95. The fourth-order valence-corrected chi connectivity index (χ4v) is 2.06. The molecule has 3 unspecified atom stereocenters. The van der Waals surface area contributed by atoms with Crippen LogP contribution in [0.4, 0.5) is 0 Å². The summed E-state index contributed by atoms with van der Waals surface area (Å²) in [6.45, 7) is 4.80. The predicted molar refractivity (Wildman–Crippen MR) is 59.5 cm³/mol. The number of primary amides is 1. The van der Waals surface area contributed by atoms with E-state index in [2.05, 4.69) is 19.2 Å². The van der Waals surface area contributed by atoms with Gasteiger partial charge in [0.15, 0.2) is 0 Å². The number of hydrogen-bond acceptors (Lipinski definition) is 3. The molecule has 1 rings (SSSR count). The molecule has 0 spiro atoms. The van der Waals surface area contributed by atoms with E-state index in [-0.39, 0.29) is 12.0 Å². The number of piperidine rings is 1. The molecule has 4 nitrogen and oxygen atoms in total. The Morgan fingerprint density at radius 2 is 2.27 bits per heavy atom. The first-order valence-electron chi connectivity index (χ1n) is 5.79. The van der Waals surface area contributed by atoms with Crippen molar-refractivity contribution >= 4 is 5.91 Å². The van der Waals surface area contributed by atoms with E-state index in [1.807, 2.05) is 0 Å². The lowest BCUT2D eigenvalue weighted by molar-refractivity contribution is -0.119. The average molecular weight is 214 g/mol. The second-order valence-corrected chi connectivity index (χ2v) is 4.29. The number of nitrogens with two attached hydrogens (primary N) is 1. The van der Waals surface area contributed by atoms with Crippen LogP contribution in [-0.4, -0.2) is 30.7 Å². The highest BCUT2D eigenvalue weighted by atomic mass is 16.5. The topological polar surface area (TPSA) is 64.3 Å². The van der Waals surface area contributed by atoms with Crippen molar-refractivity contribution in [1.29, 1.82) is 0 Å². The van der Waals surface area contributed by atoms with E-state index in [9.17, 15) is 4.79 Å². The van der Waals surface area contributed by atoms with Crippen molar-refractivity contribution in [2.45, 2.75) is 57.7 Å². The Balaban J connectivity index is 2.29. The summed E-state index contributed by atoms with van der Waals surface area (Å²) in [6, 6.07) is 0.993. The Labute approximate surface area is 91.5 Å². The Morgan fingerprint density at radius 3 is 2.87 bits per heavy atom. The Hall–Kier alpha value is -0.610. The number of amides is 1. The zero-order valence-corrected chi connectivity index (χ0v) is 9.66. The molecule has 3 atom stereocenters. The van der Waals surface area contributed by atoms with E-state index in [4.69, 9.17) is 10.5 Å². The van der Waals surface area contributed by atoms with Gasteiger partial charge in [0.1, 0.15) is 0 Å². The molecule has 1 fully saturated rings. The highest BCUT2D eigenvalue weighted by molar-refractivity contribution is 5.73. The number of ether oxygens (including phenoxy) is 1. The van der Waals surface area contributed by atoms with Crippen molar-refractivity contribution in [2.75, 3.05) is 6.61 Å². The summed E-state index contributed by atoms with van der Waals surface area (Å²) in [4.78, 5) is 10.6. The molecule has 0 aromatic rings. The highest BCUT2D eigenvalue weighted by Gasteiger charge is 2.27. The summed E-state index contributed by atoms with van der Waals surface area (Å²) < 4.78 is 5.68. The molecule has 1 heterocycles. The van der Waals surface area contributed by atoms with E-state index in [1.54, 1.807) is 0 Å². The molecule has 0 saturated carbocycles. The predicted octanol–water partition coefficient (Wildman–Crippen LogP) is 0.797. The van der Waals surface area contributed by atoms with Gasteiger partial charge in [-0.05, 0) is 26.2 Å². The van der Waals surface area contributed by atoms with Crippen LogP contribution in [0, 0.1) is 0 Å². The highest BCUT2D eigenvalue weighted by Crippen LogP contribution is 2.18. The van der Waals surface area contributed by atoms with Gasteiger partial charge in [-0.25, -0.2) is 0 Å². The van der Waals surface area contributed by atoms with Crippen LogP contribution in [-0.2, 0) is 9.53 Å². The van der Waals surface area contributed by atoms with Gasteiger partial charge in [0.2, 0.25) is 5.91 Å². The number of carbonyl (C=O) groups excluding carboxylic acids is 1. The van der Waals surface area contributed by atoms with Gasteiger partial charge in [0.05, 0.1) is 12.7 Å². The van der Waals surface area contributed by atoms with Crippen molar-refractivity contribution in [3.8, 4) is 0 Å². The van der Waals surface area contributed by atoms with E-state index in [0.29, 0.717) is 25.1 Å². The van der Waals surface area contributed by atoms with Crippen molar-refractivity contribution in [3.05, 3.63) is 0 Å². The van der Waals surface area contributed by atoms with Crippen LogP contribution in [0.3, 0.4) is 0 Å². The van der Waals surface area contributed by atoms with Crippen LogP contribution < -0.4 is 11.1 Å². The van der Waals surface area contributed by atoms with Crippen LogP contribution in [0.1, 0.15) is 39.5 Å². The number of nitrogens with one attached hydrogen (secondary N) is 1. The normalized spacial score (nSPS) is 31.5. The van der Waals surface area contributed by atoms with Crippen molar-refractivity contribution in [1.82, 2.24) is 5.32 Å². The molecular formula is C11H22N2O2. The average Bonchev–Trinajstić information content (AvgIpc) is 2.19. The molecule has 3 N–H and O–H groups in total. The van der Waals surface area contributed by atoms with Crippen LogP contribution in [0.2, 0.25) is 0 Å². The van der Waals surface area contributed by atoms with Gasteiger partial charge >= 0.3 is 0 Å². The summed E-state index contributed by atoms with van der Waals surface area (Å²) in [7, 11) is 0. The molecule has 1 aliphatic rings. The first-order chi connectivity index (χ1) is 7.13. The van der Waals surface area contributed by atoms with E-state index in [0.717, 1.165) is 19.3 Å². The quantitative estimate of drug-likeness (QED) is 0.711. The van der Waals surface area contributed by atoms with Gasteiger partial charge in [-0.3, -0.25) is 4.79 Å². The summed E-state index contributed by atoms with van der Waals surface area (Å²) in [5.41, 5.74) is 5.06. The molecule has 88 valence electrons. The van der Waals surface area contributed by atoms with Crippen LogP contribution in [0.15, 0.2) is 0 Å². The van der Waals surface area contributed by atoms with Gasteiger partial charge in [-0.1, -0.05) is 6.92 Å². The Bertz CT molecular complexity index is 209. The van der Waals surface area contributed by atoms with Crippen LogP contribution in [0.25, 0.3) is 0 Å². The molecule has 0 aromatic carbocycles. The van der Waals surface area contributed by atoms with E-state index in [1.165, 1.54) is 0 Å². The van der Waals surface area contributed by atoms with Crippen molar-refractivity contribution in [2.24, 2.45) is 5.73 Å². The molecule has 0 aromatic heterocycles. The van der Waals surface area contributed by atoms with Gasteiger partial charge in [0.25, 0.3) is 0 Å². The van der Waals surface area contributed by atoms with E-state index >= 15 is 0 Å². The zero-order chi connectivity index (χ0) is 11.3. The molecule has 15 heavy (non-hydrogen) atoms. The molecule has 1 amide bonds. The maximum atomic E-state index is 10.6. The second kappa shape index (κ2) is 6.08. The first-order valence-corrected chi connectivity index (χ1v) is 5.79. The second-order valence-electron chi connectivity index (χ2n) is 4.29. The minimum absolute atomic E-state index is 0.241. The first kappa shape index (κ1) is 12.5. The maximum Gasteiger partial charge on any atom is 0.219 e. The third kappa shape index (κ3) is 4.18. The van der Waals surface area contributed by atoms with Crippen LogP contribution >= 0.6 is 0 Å². The molecule has 0 aliphatic carbocycles. The minimum atomic E-state index is -0.291. The zero-order valence-electron chi connectivity index (χ0n) is 9.66. The van der Waals surface area contributed by atoms with Gasteiger partial charge in [-0.15, -0.1) is 0 Å². The molecule has 0 radical (unpaired) electrons. The Morgan fingerprint density at radius 1 is 1.53 bits per heavy atom. The molecular weight excluding hydrogens is 192 g/mol. The fourth-order valence-electron chi connectivity index (χ4n) is 2.06. The Kier molecular flexibility index (Phi) is 5.05. The number of rotatable bonds is 5. The third-order valence-electron chi connectivity index (χ3n) is 2.95. The fraction of sp³-hybridized carbons (Fsp3) is 0.909. The van der Waals surface area contributed by atoms with Gasteiger partial charge < -0.3 is 15.8 Å². The standard InChI is InChI=1S/C11H22N2O2/c1-3-9-10(5-4-8(2)13-9)15-7-6-11(12)14/h8-10,13H,3-7H2,1-2H3,(H2,12,14). The molecule has 0 bridgehead atoms. The summed E-state index contributed by atoms with van der Waals surface area (Å²) in [5.74, 6) is -0.291. The van der Waals surface area contributed by atoms with Gasteiger partial charge in [0, 0.05) is 18.5 Å².